The van der Waals surface area contributed by atoms with Gasteiger partial charge in [0.2, 0.25) is 5.91 Å². The van der Waals surface area contributed by atoms with Crippen molar-refractivity contribution in [2.75, 3.05) is 16.4 Å². The minimum atomic E-state index is -0.108. The highest BCUT2D eigenvalue weighted by Gasteiger charge is 2.10. The fraction of sp³-hybridized carbons (Fsp3) is 0.105. The summed E-state index contributed by atoms with van der Waals surface area (Å²) in [6, 6.07) is 15.5. The van der Waals surface area contributed by atoms with Gasteiger partial charge in [0.1, 0.15) is 17.0 Å². The predicted octanol–water partition coefficient (Wildman–Crippen LogP) is 4.22. The lowest BCUT2D eigenvalue weighted by atomic mass is 10.2. The third-order valence-electron chi connectivity index (χ3n) is 3.55. The van der Waals surface area contributed by atoms with E-state index < -0.39 is 0 Å². The molecule has 0 radical (unpaired) electrons. The summed E-state index contributed by atoms with van der Waals surface area (Å²) in [7, 11) is 0. The largest absolute Gasteiger partial charge is 0.394 e. The monoisotopic (exact) mass is 365 g/mol. The molecule has 26 heavy (non-hydrogen) atoms. The van der Waals surface area contributed by atoms with Crippen LogP contribution in [0.2, 0.25) is 0 Å². The van der Waals surface area contributed by atoms with Gasteiger partial charge >= 0.3 is 0 Å². The van der Waals surface area contributed by atoms with Crippen LogP contribution in [0, 0.1) is 6.92 Å². The number of nitrogens with one attached hydrogen (secondary N) is 2. The summed E-state index contributed by atoms with van der Waals surface area (Å²) in [6.07, 6.45) is 1.49. The molecule has 0 saturated heterocycles. The zero-order valence-corrected chi connectivity index (χ0v) is 15.3. The van der Waals surface area contributed by atoms with Crippen LogP contribution in [0.5, 0.6) is 0 Å². The third kappa shape index (κ3) is 4.52. The van der Waals surface area contributed by atoms with Crippen molar-refractivity contribution in [3.05, 3.63) is 60.4 Å². The Labute approximate surface area is 156 Å². The average molecular weight is 365 g/mol. The second-order valence-electron chi connectivity index (χ2n) is 5.74. The van der Waals surface area contributed by atoms with Crippen molar-refractivity contribution < 1.29 is 4.79 Å². The molecular weight excluding hydrogens is 346 g/mol. The van der Waals surface area contributed by atoms with Gasteiger partial charge in [0.15, 0.2) is 5.82 Å². The van der Waals surface area contributed by atoms with Gasteiger partial charge < -0.3 is 16.4 Å². The average Bonchev–Trinajstić information content (AvgIpc) is 2.61. The van der Waals surface area contributed by atoms with Gasteiger partial charge in [-0.3, -0.25) is 4.79 Å². The lowest BCUT2D eigenvalue weighted by Crippen LogP contribution is -2.06. The normalized spacial score (nSPS) is 10.4. The summed E-state index contributed by atoms with van der Waals surface area (Å²) in [6.45, 7) is 3.52. The molecule has 0 bridgehead atoms. The minimum absolute atomic E-state index is 0.108. The Kier molecular flexibility index (Phi) is 5.38. The van der Waals surface area contributed by atoms with Gasteiger partial charge in [0, 0.05) is 23.2 Å². The maximum Gasteiger partial charge on any atom is 0.221 e. The molecule has 6 nitrogen and oxygen atoms in total. The van der Waals surface area contributed by atoms with Crippen molar-refractivity contribution >= 4 is 40.5 Å². The zero-order chi connectivity index (χ0) is 18.5. The predicted molar refractivity (Wildman–Crippen MR) is 106 cm³/mol. The molecule has 132 valence electrons. The second kappa shape index (κ2) is 7.88. The standard InChI is InChI=1S/C19H19N5OS/c1-12-3-9-16(10-4-12)26-19-17(20)18(21-11-22-19)24-15-7-5-14(6-8-15)23-13(2)25/h3-11H,20H2,1-2H3,(H,23,25)(H,21,22,24). The van der Waals surface area contributed by atoms with Crippen molar-refractivity contribution in [1.29, 1.82) is 0 Å². The van der Waals surface area contributed by atoms with Gasteiger partial charge in [-0.15, -0.1) is 0 Å². The van der Waals surface area contributed by atoms with Gasteiger partial charge in [-0.25, -0.2) is 9.97 Å². The number of rotatable bonds is 5. The van der Waals surface area contributed by atoms with E-state index in [1.807, 2.05) is 43.3 Å². The molecule has 0 atom stereocenters. The van der Waals surface area contributed by atoms with Gasteiger partial charge in [0.25, 0.3) is 0 Å². The number of benzene rings is 2. The highest BCUT2D eigenvalue weighted by Crippen LogP contribution is 2.34. The van der Waals surface area contributed by atoms with E-state index in [0.29, 0.717) is 16.5 Å². The fourth-order valence-corrected chi connectivity index (χ4v) is 3.06. The van der Waals surface area contributed by atoms with Crippen LogP contribution in [0.25, 0.3) is 0 Å². The molecule has 7 heteroatoms. The molecule has 0 aliphatic rings. The smallest absolute Gasteiger partial charge is 0.221 e. The van der Waals surface area contributed by atoms with Crippen LogP contribution >= 0.6 is 11.8 Å². The maximum absolute atomic E-state index is 11.1. The Hall–Kier alpha value is -3.06. The molecular formula is C19H19N5OS. The molecule has 0 unspecified atom stereocenters. The van der Waals surface area contributed by atoms with Gasteiger partial charge in [-0.05, 0) is 43.3 Å². The van der Waals surface area contributed by atoms with E-state index in [1.54, 1.807) is 0 Å². The van der Waals surface area contributed by atoms with Crippen molar-refractivity contribution in [2.24, 2.45) is 0 Å². The van der Waals surface area contributed by atoms with E-state index >= 15 is 0 Å². The number of amides is 1. The lowest BCUT2D eigenvalue weighted by molar-refractivity contribution is -0.114. The molecule has 0 fully saturated rings. The first-order valence-electron chi connectivity index (χ1n) is 8.01. The fourth-order valence-electron chi connectivity index (χ4n) is 2.26. The maximum atomic E-state index is 11.1. The van der Waals surface area contributed by atoms with E-state index in [0.717, 1.165) is 16.3 Å². The number of nitrogens with two attached hydrogens (primary N) is 1. The van der Waals surface area contributed by atoms with Crippen molar-refractivity contribution in [3.63, 3.8) is 0 Å². The number of hydrogen-bond acceptors (Lipinski definition) is 6. The number of aryl methyl sites for hydroxylation is 1. The van der Waals surface area contributed by atoms with Crippen LogP contribution < -0.4 is 16.4 Å². The summed E-state index contributed by atoms with van der Waals surface area (Å²) in [5.74, 6) is 0.436. The SMILES string of the molecule is CC(=O)Nc1ccc(Nc2ncnc(Sc3ccc(C)cc3)c2N)cc1. The molecule has 0 aliphatic heterocycles. The molecule has 0 spiro atoms. The molecule has 0 saturated carbocycles. The highest BCUT2D eigenvalue weighted by atomic mass is 32.2. The Morgan fingerprint density at radius 1 is 1.00 bits per heavy atom. The summed E-state index contributed by atoms with van der Waals surface area (Å²) in [4.78, 5) is 20.7. The van der Waals surface area contributed by atoms with Crippen molar-refractivity contribution in [3.8, 4) is 0 Å². The molecule has 3 rings (SSSR count). The van der Waals surface area contributed by atoms with Crippen molar-refractivity contribution in [2.45, 2.75) is 23.8 Å². The van der Waals surface area contributed by atoms with Crippen LogP contribution in [-0.4, -0.2) is 15.9 Å². The van der Waals surface area contributed by atoms with Gasteiger partial charge in [0.05, 0.1) is 0 Å². The summed E-state index contributed by atoms with van der Waals surface area (Å²) in [5.41, 5.74) is 9.48. The molecule has 1 heterocycles. The molecule has 1 aromatic heterocycles. The Bertz CT molecular complexity index is 910. The molecule has 3 aromatic rings. The number of carbonyl (C=O) groups is 1. The van der Waals surface area contributed by atoms with E-state index in [2.05, 4.69) is 32.7 Å². The number of nitrogens with zero attached hydrogens (tertiary/aromatic N) is 2. The second-order valence-corrected chi connectivity index (χ2v) is 6.80. The van der Waals surface area contributed by atoms with E-state index in [1.165, 1.54) is 30.6 Å². The topological polar surface area (TPSA) is 92.9 Å². The quantitative estimate of drug-likeness (QED) is 0.586. The minimum Gasteiger partial charge on any atom is -0.394 e. The summed E-state index contributed by atoms with van der Waals surface area (Å²) < 4.78 is 0. The van der Waals surface area contributed by atoms with Gasteiger partial charge in [-0.2, -0.15) is 0 Å². The van der Waals surface area contributed by atoms with Crippen LogP contribution in [0.1, 0.15) is 12.5 Å². The lowest BCUT2D eigenvalue weighted by Gasteiger charge is -2.11. The first-order chi connectivity index (χ1) is 12.5. The molecule has 2 aromatic carbocycles. The number of nitrogen functional groups attached to an aromatic ring is 1. The van der Waals surface area contributed by atoms with E-state index in [4.69, 9.17) is 5.73 Å². The zero-order valence-electron chi connectivity index (χ0n) is 14.5. The third-order valence-corrected chi connectivity index (χ3v) is 4.58. The number of anilines is 4. The highest BCUT2D eigenvalue weighted by molar-refractivity contribution is 7.99. The van der Waals surface area contributed by atoms with Crippen LogP contribution in [0.4, 0.5) is 22.9 Å². The van der Waals surface area contributed by atoms with E-state index in [-0.39, 0.29) is 5.91 Å². The molecule has 0 aliphatic carbocycles. The van der Waals surface area contributed by atoms with Crippen LogP contribution in [0.15, 0.2) is 64.8 Å². The number of carbonyl (C=O) groups excluding carboxylic acids is 1. The number of hydrogen-bond donors (Lipinski definition) is 3. The summed E-state index contributed by atoms with van der Waals surface area (Å²) in [5, 5.41) is 6.61. The Balaban J connectivity index is 1.76. The van der Waals surface area contributed by atoms with Crippen molar-refractivity contribution in [1.82, 2.24) is 9.97 Å². The number of aromatic nitrogens is 2. The molecule has 4 N–H and O–H groups in total. The Morgan fingerprint density at radius 3 is 2.31 bits per heavy atom. The Morgan fingerprint density at radius 2 is 1.65 bits per heavy atom. The van der Waals surface area contributed by atoms with Gasteiger partial charge in [-0.1, -0.05) is 29.5 Å². The first-order valence-corrected chi connectivity index (χ1v) is 8.82. The van der Waals surface area contributed by atoms with Crippen LogP contribution in [0.3, 0.4) is 0 Å². The summed E-state index contributed by atoms with van der Waals surface area (Å²) >= 11 is 1.49. The first kappa shape index (κ1) is 17.8. The van der Waals surface area contributed by atoms with Crippen LogP contribution in [-0.2, 0) is 4.79 Å². The molecule has 1 amide bonds. The van der Waals surface area contributed by atoms with E-state index in [9.17, 15) is 4.79 Å².